The first-order valence-electron chi connectivity index (χ1n) is 1.94. The second-order valence-electron chi connectivity index (χ2n) is 0.683. The van der Waals surface area contributed by atoms with E-state index in [2.05, 4.69) is 44.2 Å². The fraction of sp³-hybridized carbons (Fsp3) is 0. The van der Waals surface area contributed by atoms with E-state index in [4.69, 9.17) is 14.0 Å². The number of rotatable bonds is 0. The summed E-state index contributed by atoms with van der Waals surface area (Å²) >= 11 is 0. The van der Waals surface area contributed by atoms with Gasteiger partial charge in [-0.3, -0.25) is 0 Å². The Hall–Kier alpha value is -0.742. The van der Waals surface area contributed by atoms with Crippen LogP contribution in [0.2, 0.25) is 0 Å². The largest absolute Gasteiger partial charge is 0.999 e. The third kappa shape index (κ3) is 34.8. The summed E-state index contributed by atoms with van der Waals surface area (Å²) < 4.78 is 22.5. The third-order valence-electron chi connectivity index (χ3n) is 0.351. The van der Waals surface area contributed by atoms with Crippen molar-refractivity contribution in [2.75, 3.05) is 0 Å². The van der Waals surface area contributed by atoms with Crippen molar-refractivity contribution < 1.29 is 35.0 Å². The third-order valence-corrected chi connectivity index (χ3v) is 0.351. The fourth-order valence-corrected chi connectivity index (χ4v) is 0.180. The van der Waals surface area contributed by atoms with Crippen LogP contribution in [-0.2, 0) is 35.0 Å². The molecule has 0 fully saturated rings. The van der Waals surface area contributed by atoms with E-state index in [1.807, 2.05) is 0 Å². The minimum Gasteiger partial charge on any atom is -0.999 e. The molecule has 0 heterocycles. The molecule has 3 nitrogen and oxygen atoms in total. The van der Waals surface area contributed by atoms with Crippen molar-refractivity contribution in [3.8, 4) is 0 Å². The minimum absolute atomic E-state index is 0. The first-order chi connectivity index (χ1) is 5.50. The normalized spacial score (nSPS) is 3.83. The predicted molar refractivity (Wildman–Crippen MR) is 29.2 cm³/mol. The number of hydrogen-bond acceptors (Lipinski definition) is 0. The van der Waals surface area contributed by atoms with E-state index < -0.39 is 0 Å². The van der Waals surface area contributed by atoms with Gasteiger partial charge in [-0.1, -0.05) is 0 Å². The molecule has 0 saturated carbocycles. The summed E-state index contributed by atoms with van der Waals surface area (Å²) in [6, 6.07) is 12.0. The maximum absolute atomic E-state index is 7.50. The second kappa shape index (κ2) is 48.5. The minimum atomic E-state index is 0. The smallest absolute Gasteiger partial charge is 0 e. The van der Waals surface area contributed by atoms with Crippen LogP contribution in [0.25, 0.3) is 0 Å². The fourth-order valence-electron chi connectivity index (χ4n) is 0.180. The van der Waals surface area contributed by atoms with Crippen molar-refractivity contribution in [3.63, 3.8) is 0 Å². The molecule has 0 aliphatic rings. The van der Waals surface area contributed by atoms with E-state index in [0.29, 0.717) is 0 Å². The van der Waals surface area contributed by atoms with Gasteiger partial charge in [0.05, 0.1) is 0 Å². The average molecular weight is 241 g/mol. The zero-order valence-electron chi connectivity index (χ0n) is 5.71. The predicted octanol–water partition coefficient (Wildman–Crippen LogP) is 0.491. The molecule has 12 heavy (non-hydrogen) atoms. The Bertz CT molecular complexity index is 142. The quantitative estimate of drug-likeness (QED) is 0.360. The molecule has 0 aliphatic carbocycles. The molecule has 0 unspecified atom stereocenters. The first-order valence-corrected chi connectivity index (χ1v) is 1.94. The van der Waals surface area contributed by atoms with Crippen molar-refractivity contribution in [1.29, 1.82) is 0 Å². The molecule has 0 N–H and O–H groups in total. The van der Waals surface area contributed by atoms with Gasteiger partial charge in [0, 0.05) is 21.1 Å². The molecule has 1 aromatic carbocycles. The Labute approximate surface area is 85.6 Å². The molecular weight excluding hydrogens is 240 g/mol. The van der Waals surface area contributed by atoms with Crippen LogP contribution in [0.4, 0.5) is 0 Å². The van der Waals surface area contributed by atoms with Crippen molar-refractivity contribution >= 4 is 0 Å². The van der Waals surface area contributed by atoms with Crippen LogP contribution >= 0.6 is 0 Å². The van der Waals surface area contributed by atoms with Gasteiger partial charge in [0.2, 0.25) is 0 Å². The van der Waals surface area contributed by atoms with Gasteiger partial charge in [-0.15, -0.1) is 0 Å². The maximum Gasteiger partial charge on any atom is 0 e. The van der Waals surface area contributed by atoms with Gasteiger partial charge < -0.3 is 30.3 Å². The Morgan fingerprint density at radius 2 is 1.00 bits per heavy atom. The topological polar surface area (TPSA) is 59.7 Å². The van der Waals surface area contributed by atoms with Gasteiger partial charge in [-0.2, -0.15) is 0 Å². The standard InChI is InChI=1S/C5H.3CO.Mo/c1-2-4-5-3-1;3*1-2;/h1H;;;;/q-5;;;;. The Morgan fingerprint density at radius 1 is 0.750 bits per heavy atom. The summed E-state index contributed by atoms with van der Waals surface area (Å²) in [6.45, 7) is 13.5. The van der Waals surface area contributed by atoms with Crippen LogP contribution in [0.1, 0.15) is 0 Å². The molecule has 0 amide bonds. The average Bonchev–Trinajstić information content (AvgIpc) is 2.71. The van der Waals surface area contributed by atoms with Crippen molar-refractivity contribution in [2.24, 2.45) is 0 Å². The molecule has 0 radical (unpaired) electrons. The van der Waals surface area contributed by atoms with Crippen LogP contribution in [0.5, 0.6) is 0 Å². The molecule has 1 aromatic rings. The van der Waals surface area contributed by atoms with Crippen LogP contribution in [0.3, 0.4) is 0 Å². The first kappa shape index (κ1) is 22.5. The van der Waals surface area contributed by atoms with E-state index >= 15 is 0 Å². The zero-order valence-corrected chi connectivity index (χ0v) is 7.72. The molecule has 1 rings (SSSR count). The van der Waals surface area contributed by atoms with Crippen LogP contribution in [0.15, 0.2) is 6.07 Å². The van der Waals surface area contributed by atoms with Crippen molar-refractivity contribution in [2.45, 2.75) is 0 Å². The zero-order chi connectivity index (χ0) is 9.54. The SMILES string of the molecule is [C-]#[O+].[C-]#[O+].[C-]#[O+].[Mo].[c-]1[c-][c-][cH-][c-]1. The molecule has 0 spiro atoms. The molecule has 0 aromatic heterocycles. The molecule has 0 bridgehead atoms. The van der Waals surface area contributed by atoms with Crippen molar-refractivity contribution in [1.82, 2.24) is 0 Å². The molecule has 0 aliphatic heterocycles. The number of hydrogen-bond donors (Lipinski definition) is 0. The summed E-state index contributed by atoms with van der Waals surface area (Å²) in [5, 5.41) is 0. The Morgan fingerprint density at radius 3 is 1.08 bits per heavy atom. The van der Waals surface area contributed by atoms with Crippen LogP contribution < -0.4 is 0 Å². The molecule has 0 atom stereocenters. The monoisotopic (exact) mass is 243 g/mol. The van der Waals surface area contributed by atoms with Gasteiger partial charge in [0.25, 0.3) is 0 Å². The van der Waals surface area contributed by atoms with Gasteiger partial charge in [0.1, 0.15) is 0 Å². The van der Waals surface area contributed by atoms with Gasteiger partial charge >= 0.3 is 33.9 Å². The van der Waals surface area contributed by atoms with Crippen LogP contribution in [0, 0.1) is 44.2 Å². The van der Waals surface area contributed by atoms with E-state index in [0.717, 1.165) is 0 Å². The summed E-state index contributed by atoms with van der Waals surface area (Å²) in [7, 11) is 0. The van der Waals surface area contributed by atoms with Gasteiger partial charge in [-0.05, 0) is 0 Å². The Kier molecular flexibility index (Phi) is 90.9. The molecule has 4 heteroatoms. The maximum atomic E-state index is 7.50. The van der Waals surface area contributed by atoms with Crippen molar-refractivity contribution in [3.05, 3.63) is 50.3 Å². The summed E-state index contributed by atoms with van der Waals surface area (Å²) in [5.41, 5.74) is 0. The molecular formula is C8HMoO3-5. The van der Waals surface area contributed by atoms with Crippen LogP contribution in [-0.4, -0.2) is 0 Å². The Balaban J connectivity index is -0.0000000406. The van der Waals surface area contributed by atoms with E-state index in [1.54, 1.807) is 6.07 Å². The van der Waals surface area contributed by atoms with E-state index in [1.165, 1.54) is 0 Å². The van der Waals surface area contributed by atoms with E-state index in [9.17, 15) is 0 Å². The van der Waals surface area contributed by atoms with Gasteiger partial charge in [0.15, 0.2) is 0 Å². The summed E-state index contributed by atoms with van der Waals surface area (Å²) in [6.07, 6.45) is 0. The molecule has 0 saturated heterocycles. The summed E-state index contributed by atoms with van der Waals surface area (Å²) in [4.78, 5) is 0. The summed E-state index contributed by atoms with van der Waals surface area (Å²) in [5.74, 6) is 0. The van der Waals surface area contributed by atoms with E-state index in [-0.39, 0.29) is 21.1 Å². The second-order valence-corrected chi connectivity index (χ2v) is 0.683. The van der Waals surface area contributed by atoms with Gasteiger partial charge in [-0.25, -0.2) is 0 Å². The molecule has 62 valence electrons.